The number of hydrogen-bond acceptors (Lipinski definition) is 6. The first-order valence-corrected chi connectivity index (χ1v) is 6.68. The highest BCUT2D eigenvalue weighted by atomic mass is 35.5. The Morgan fingerprint density at radius 1 is 1.65 bits per heavy atom. The van der Waals surface area contributed by atoms with Crippen molar-refractivity contribution < 1.29 is 9.53 Å². The lowest BCUT2D eigenvalue weighted by Crippen LogP contribution is -2.28. The molecule has 1 aromatic heterocycles. The largest absolute Gasteiger partial charge is 0.464 e. The maximum Gasteiger partial charge on any atom is 0.328 e. The monoisotopic (exact) mass is 275 g/mol. The Balaban J connectivity index is 2.73. The molecule has 0 bridgehead atoms. The van der Waals surface area contributed by atoms with E-state index >= 15 is 0 Å². The molecule has 0 radical (unpaired) electrons. The summed E-state index contributed by atoms with van der Waals surface area (Å²) in [6.45, 7) is 3.82. The molecule has 0 spiro atoms. The Bertz CT molecular complexity index is 403. The zero-order valence-electron chi connectivity index (χ0n) is 9.86. The molecule has 17 heavy (non-hydrogen) atoms. The normalized spacial score (nSPS) is 12.0. The minimum atomic E-state index is -0.476. The number of ether oxygens (including phenoxy) is 1. The van der Waals surface area contributed by atoms with Gasteiger partial charge in [-0.2, -0.15) is 0 Å². The van der Waals surface area contributed by atoms with E-state index < -0.39 is 6.04 Å². The molecule has 1 aromatic rings. The van der Waals surface area contributed by atoms with Crippen molar-refractivity contribution in [2.75, 3.05) is 18.2 Å². The summed E-state index contributed by atoms with van der Waals surface area (Å²) >= 11 is 7.21. The summed E-state index contributed by atoms with van der Waals surface area (Å²) in [6, 6.07) is 1.09. The number of esters is 1. The molecule has 0 aromatic carbocycles. The van der Waals surface area contributed by atoms with Gasteiger partial charge in [-0.1, -0.05) is 23.4 Å². The molecule has 0 saturated heterocycles. The Hall–Kier alpha value is -1.01. The van der Waals surface area contributed by atoms with Gasteiger partial charge in [0.05, 0.1) is 6.61 Å². The molecule has 5 nitrogen and oxygen atoms in total. The van der Waals surface area contributed by atoms with Crippen LogP contribution in [0.1, 0.15) is 13.8 Å². The number of carbonyl (C=O) groups excluding carboxylic acids is 1. The van der Waals surface area contributed by atoms with E-state index in [1.807, 2.05) is 6.26 Å². The third-order valence-corrected chi connectivity index (χ3v) is 2.60. The molecule has 0 aliphatic carbocycles. The SMILES string of the molecule is CCOC(=O)C(C)Nc1cc(Cl)nc(SC)n1. The van der Waals surface area contributed by atoms with E-state index in [0.29, 0.717) is 22.7 Å². The van der Waals surface area contributed by atoms with Gasteiger partial charge in [0.15, 0.2) is 5.16 Å². The Labute approximate surface area is 109 Å². The number of nitrogens with zero attached hydrogens (tertiary/aromatic N) is 2. The molecule has 1 rings (SSSR count). The Morgan fingerprint density at radius 2 is 2.35 bits per heavy atom. The summed E-state index contributed by atoms with van der Waals surface area (Å²) < 4.78 is 4.88. The van der Waals surface area contributed by atoms with Gasteiger partial charge in [-0.05, 0) is 20.1 Å². The van der Waals surface area contributed by atoms with E-state index in [1.165, 1.54) is 11.8 Å². The molecule has 0 saturated carbocycles. The van der Waals surface area contributed by atoms with E-state index in [0.717, 1.165) is 0 Å². The smallest absolute Gasteiger partial charge is 0.328 e. The number of hydrogen-bond donors (Lipinski definition) is 1. The predicted molar refractivity (Wildman–Crippen MR) is 68.5 cm³/mol. The van der Waals surface area contributed by atoms with Crippen molar-refractivity contribution >= 4 is 35.1 Å². The lowest BCUT2D eigenvalue weighted by molar-refractivity contribution is -0.143. The van der Waals surface area contributed by atoms with Gasteiger partial charge in [0.2, 0.25) is 0 Å². The molecule has 1 unspecified atom stereocenters. The van der Waals surface area contributed by atoms with Crippen LogP contribution in [-0.2, 0) is 9.53 Å². The zero-order valence-corrected chi connectivity index (χ0v) is 11.4. The average Bonchev–Trinajstić information content (AvgIpc) is 2.28. The second-order valence-electron chi connectivity index (χ2n) is 3.18. The van der Waals surface area contributed by atoms with Gasteiger partial charge >= 0.3 is 5.97 Å². The van der Waals surface area contributed by atoms with Crippen LogP contribution in [0.5, 0.6) is 0 Å². The molecule has 94 valence electrons. The fraction of sp³-hybridized carbons (Fsp3) is 0.500. The summed E-state index contributed by atoms with van der Waals surface area (Å²) in [5, 5.41) is 3.81. The zero-order chi connectivity index (χ0) is 12.8. The van der Waals surface area contributed by atoms with Crippen molar-refractivity contribution in [2.45, 2.75) is 25.0 Å². The third kappa shape index (κ3) is 4.40. The second kappa shape index (κ2) is 6.66. The number of anilines is 1. The molecule has 1 N–H and O–H groups in total. The van der Waals surface area contributed by atoms with Gasteiger partial charge in [0.25, 0.3) is 0 Å². The first-order chi connectivity index (χ1) is 8.06. The van der Waals surface area contributed by atoms with Crippen molar-refractivity contribution in [3.63, 3.8) is 0 Å². The number of rotatable bonds is 5. The number of carbonyl (C=O) groups is 1. The molecular weight excluding hydrogens is 262 g/mol. The molecule has 1 atom stereocenters. The molecule has 0 fully saturated rings. The molecule has 1 heterocycles. The summed E-state index contributed by atoms with van der Waals surface area (Å²) in [5.41, 5.74) is 0. The van der Waals surface area contributed by atoms with E-state index in [4.69, 9.17) is 16.3 Å². The number of thioether (sulfide) groups is 1. The number of halogens is 1. The summed E-state index contributed by atoms with van der Waals surface area (Å²) in [6.07, 6.45) is 1.85. The molecular formula is C10H14ClN3O2S. The fourth-order valence-electron chi connectivity index (χ4n) is 1.11. The van der Waals surface area contributed by atoms with Crippen LogP contribution in [0.25, 0.3) is 0 Å². The van der Waals surface area contributed by atoms with Gasteiger partial charge in [0.1, 0.15) is 17.0 Å². The minimum Gasteiger partial charge on any atom is -0.464 e. The van der Waals surface area contributed by atoms with Crippen molar-refractivity contribution in [3.05, 3.63) is 11.2 Å². The van der Waals surface area contributed by atoms with Gasteiger partial charge in [-0.15, -0.1) is 0 Å². The Morgan fingerprint density at radius 3 is 2.94 bits per heavy atom. The second-order valence-corrected chi connectivity index (χ2v) is 4.34. The highest BCUT2D eigenvalue weighted by molar-refractivity contribution is 7.98. The van der Waals surface area contributed by atoms with Crippen molar-refractivity contribution in [1.82, 2.24) is 9.97 Å². The third-order valence-electron chi connectivity index (χ3n) is 1.86. The minimum absolute atomic E-state index is 0.326. The highest BCUT2D eigenvalue weighted by Crippen LogP contribution is 2.17. The maximum atomic E-state index is 11.4. The first-order valence-electron chi connectivity index (χ1n) is 5.08. The number of nitrogens with one attached hydrogen (secondary N) is 1. The van der Waals surface area contributed by atoms with Crippen LogP contribution in [0.15, 0.2) is 11.2 Å². The van der Waals surface area contributed by atoms with Gasteiger partial charge in [-0.3, -0.25) is 0 Å². The van der Waals surface area contributed by atoms with Crippen molar-refractivity contribution in [2.24, 2.45) is 0 Å². The topological polar surface area (TPSA) is 64.1 Å². The number of aromatic nitrogens is 2. The van der Waals surface area contributed by atoms with Crippen molar-refractivity contribution in [3.8, 4) is 0 Å². The van der Waals surface area contributed by atoms with E-state index in [1.54, 1.807) is 19.9 Å². The lowest BCUT2D eigenvalue weighted by Gasteiger charge is -2.13. The lowest BCUT2D eigenvalue weighted by atomic mass is 10.3. The average molecular weight is 276 g/mol. The maximum absolute atomic E-state index is 11.4. The van der Waals surface area contributed by atoms with Crippen LogP contribution >= 0.6 is 23.4 Å². The Kier molecular flexibility index (Phi) is 5.50. The summed E-state index contributed by atoms with van der Waals surface area (Å²) in [7, 11) is 0. The van der Waals surface area contributed by atoms with Crippen LogP contribution in [0.2, 0.25) is 5.15 Å². The van der Waals surface area contributed by atoms with Gasteiger partial charge in [-0.25, -0.2) is 14.8 Å². The van der Waals surface area contributed by atoms with E-state index in [-0.39, 0.29) is 5.97 Å². The van der Waals surface area contributed by atoms with Crippen LogP contribution < -0.4 is 5.32 Å². The summed E-state index contributed by atoms with van der Waals surface area (Å²) in [5.74, 6) is 0.183. The molecule has 7 heteroatoms. The van der Waals surface area contributed by atoms with Gasteiger partial charge in [0, 0.05) is 6.07 Å². The predicted octanol–water partition coefficient (Wildman–Crippen LogP) is 2.22. The van der Waals surface area contributed by atoms with Crippen LogP contribution in [0.3, 0.4) is 0 Å². The quantitative estimate of drug-likeness (QED) is 0.385. The van der Waals surface area contributed by atoms with Crippen LogP contribution in [-0.4, -0.2) is 34.8 Å². The molecule has 0 amide bonds. The standard InChI is InChI=1S/C10H14ClN3O2S/c1-4-16-9(15)6(2)12-8-5-7(11)13-10(14-8)17-3/h5-6H,4H2,1-3H3,(H,12,13,14). The molecule has 0 aliphatic heterocycles. The van der Waals surface area contributed by atoms with Crippen LogP contribution in [0.4, 0.5) is 5.82 Å². The summed E-state index contributed by atoms with van der Waals surface area (Å²) in [4.78, 5) is 19.6. The van der Waals surface area contributed by atoms with E-state index in [9.17, 15) is 4.79 Å². The highest BCUT2D eigenvalue weighted by Gasteiger charge is 2.14. The molecule has 0 aliphatic rings. The fourth-order valence-corrected chi connectivity index (χ4v) is 1.72. The van der Waals surface area contributed by atoms with Gasteiger partial charge < -0.3 is 10.1 Å². The van der Waals surface area contributed by atoms with E-state index in [2.05, 4.69) is 15.3 Å². The van der Waals surface area contributed by atoms with Crippen molar-refractivity contribution in [1.29, 1.82) is 0 Å². The first kappa shape index (κ1) is 14.1. The van der Waals surface area contributed by atoms with Crippen LogP contribution in [0, 0.1) is 0 Å².